The molecule has 2 aliphatic heterocycles. The Bertz CT molecular complexity index is 1210. The van der Waals surface area contributed by atoms with Gasteiger partial charge in [0.25, 0.3) is 0 Å². The fourth-order valence-electron chi connectivity index (χ4n) is 5.17. The Hall–Kier alpha value is -3.03. The third kappa shape index (κ3) is 5.46. The Labute approximate surface area is 210 Å². The maximum absolute atomic E-state index is 13.1. The van der Waals surface area contributed by atoms with Crippen molar-refractivity contribution < 1.29 is 9.59 Å². The van der Waals surface area contributed by atoms with Gasteiger partial charge in [-0.1, -0.05) is 48.4 Å². The van der Waals surface area contributed by atoms with E-state index in [0.717, 1.165) is 50.5 Å². The molecule has 1 saturated heterocycles. The quantitative estimate of drug-likeness (QED) is 0.505. The van der Waals surface area contributed by atoms with Crippen molar-refractivity contribution in [3.05, 3.63) is 76.3 Å². The molecule has 0 unspecified atom stereocenters. The lowest BCUT2D eigenvalue weighted by Gasteiger charge is -2.32. The third-order valence-electron chi connectivity index (χ3n) is 6.91. The van der Waals surface area contributed by atoms with Crippen molar-refractivity contribution in [1.82, 2.24) is 19.7 Å². The summed E-state index contributed by atoms with van der Waals surface area (Å²) in [5, 5.41) is 12.4. The molecule has 0 radical (unpaired) electrons. The van der Waals surface area contributed by atoms with E-state index >= 15 is 0 Å². The largest absolute Gasteiger partial charge is 0.324 e. The van der Waals surface area contributed by atoms with Crippen LogP contribution >= 0.6 is 11.6 Å². The fraction of sp³-hybridized carbons (Fsp3) is 0.407. The van der Waals surface area contributed by atoms with Crippen LogP contribution in [0.4, 0.5) is 5.69 Å². The second-order valence-electron chi connectivity index (χ2n) is 9.44. The second-order valence-corrected chi connectivity index (χ2v) is 9.88. The zero-order valence-electron chi connectivity index (χ0n) is 19.8. The number of nitrogens with one attached hydrogen (secondary N) is 1. The van der Waals surface area contributed by atoms with E-state index < -0.39 is 0 Å². The van der Waals surface area contributed by atoms with Gasteiger partial charge in [0, 0.05) is 41.6 Å². The molecule has 1 aromatic heterocycles. The van der Waals surface area contributed by atoms with E-state index in [2.05, 4.69) is 25.0 Å². The van der Waals surface area contributed by atoms with Crippen molar-refractivity contribution in [3.8, 4) is 0 Å². The van der Waals surface area contributed by atoms with Gasteiger partial charge >= 0.3 is 0 Å². The standard InChI is InChI=1S/C27H30ClN5O2/c28-21-12-13-23(22(16-21)26(35)19-8-3-1-4-9-19)29-25(34)18-32-14-7-10-20(17-32)27-31-30-24-11-5-2-6-15-33(24)27/h1,3-4,8-9,12-13,16,20H,2,5-7,10-11,14-15,17-18H2,(H,29,34)/t20-/m0/s1. The number of hydrogen-bond donors (Lipinski definition) is 1. The van der Waals surface area contributed by atoms with Crippen LogP contribution < -0.4 is 5.32 Å². The highest BCUT2D eigenvalue weighted by atomic mass is 35.5. The van der Waals surface area contributed by atoms with E-state index in [-0.39, 0.29) is 24.2 Å². The molecule has 1 N–H and O–H groups in total. The highest BCUT2D eigenvalue weighted by Crippen LogP contribution is 2.28. The topological polar surface area (TPSA) is 80.1 Å². The van der Waals surface area contributed by atoms with Crippen LogP contribution in [0.1, 0.15) is 65.6 Å². The van der Waals surface area contributed by atoms with Crippen molar-refractivity contribution in [2.75, 3.05) is 25.0 Å². The summed E-state index contributed by atoms with van der Waals surface area (Å²) in [6, 6.07) is 14.0. The highest BCUT2D eigenvalue weighted by molar-refractivity contribution is 6.31. The summed E-state index contributed by atoms with van der Waals surface area (Å²) < 4.78 is 2.32. The summed E-state index contributed by atoms with van der Waals surface area (Å²) in [7, 11) is 0. The zero-order valence-corrected chi connectivity index (χ0v) is 20.5. The molecule has 1 fully saturated rings. The molecule has 0 spiro atoms. The van der Waals surface area contributed by atoms with Crippen molar-refractivity contribution >= 4 is 29.0 Å². The molecule has 0 bridgehead atoms. The average molecular weight is 492 g/mol. The van der Waals surface area contributed by atoms with Crippen LogP contribution in [0.25, 0.3) is 0 Å². The summed E-state index contributed by atoms with van der Waals surface area (Å²) >= 11 is 6.18. The number of carbonyl (C=O) groups excluding carboxylic acids is 2. The van der Waals surface area contributed by atoms with Gasteiger partial charge < -0.3 is 9.88 Å². The minimum Gasteiger partial charge on any atom is -0.324 e. The predicted molar refractivity (Wildman–Crippen MR) is 136 cm³/mol. The number of ketones is 1. The first kappa shape index (κ1) is 23.7. The average Bonchev–Trinajstić information content (AvgIpc) is 3.13. The number of benzene rings is 2. The molecule has 0 saturated carbocycles. The number of carbonyl (C=O) groups is 2. The summed E-state index contributed by atoms with van der Waals surface area (Å²) in [5.41, 5.74) is 1.42. The van der Waals surface area contributed by atoms with Gasteiger partial charge in [-0.3, -0.25) is 14.5 Å². The van der Waals surface area contributed by atoms with Crippen molar-refractivity contribution in [1.29, 1.82) is 0 Å². The van der Waals surface area contributed by atoms with Gasteiger partial charge in [0.2, 0.25) is 5.91 Å². The van der Waals surface area contributed by atoms with Gasteiger partial charge in [-0.2, -0.15) is 0 Å². The van der Waals surface area contributed by atoms with Gasteiger partial charge in [-0.05, 0) is 50.4 Å². The second kappa shape index (κ2) is 10.7. The SMILES string of the molecule is O=C(CN1CCC[C@H](c2nnc3n2CCCCC3)C1)Nc1ccc(Cl)cc1C(=O)c1ccccc1. The van der Waals surface area contributed by atoms with E-state index in [1.807, 2.05) is 18.2 Å². The van der Waals surface area contributed by atoms with Crippen LogP contribution in [0.3, 0.4) is 0 Å². The number of piperidine rings is 1. The molecule has 3 heterocycles. The zero-order chi connectivity index (χ0) is 24.2. The number of fused-ring (bicyclic) bond motifs is 1. The number of hydrogen-bond acceptors (Lipinski definition) is 5. The van der Waals surface area contributed by atoms with Crippen LogP contribution in [0.15, 0.2) is 48.5 Å². The number of likely N-dealkylation sites (tertiary alicyclic amines) is 1. The minimum atomic E-state index is -0.172. The number of halogens is 1. The normalized spacial score (nSPS) is 18.5. The molecular weight excluding hydrogens is 462 g/mol. The van der Waals surface area contributed by atoms with Gasteiger partial charge in [0.05, 0.1) is 12.2 Å². The Morgan fingerprint density at radius 2 is 1.86 bits per heavy atom. The van der Waals surface area contributed by atoms with E-state index in [4.69, 9.17) is 11.6 Å². The Balaban J connectivity index is 1.26. The molecule has 1 amide bonds. The molecular formula is C27H30ClN5O2. The predicted octanol–water partition coefficient (Wildman–Crippen LogP) is 4.71. The number of anilines is 1. The van der Waals surface area contributed by atoms with Crippen LogP contribution in [0, 0.1) is 0 Å². The summed E-state index contributed by atoms with van der Waals surface area (Å²) in [6.07, 6.45) is 6.65. The third-order valence-corrected chi connectivity index (χ3v) is 7.15. The van der Waals surface area contributed by atoms with Crippen LogP contribution in [-0.4, -0.2) is 51.0 Å². The molecule has 5 rings (SSSR count). The molecule has 1 atom stereocenters. The Kier molecular flexibility index (Phi) is 7.25. The monoisotopic (exact) mass is 491 g/mol. The number of aromatic nitrogens is 3. The molecule has 182 valence electrons. The molecule has 2 aromatic carbocycles. The lowest BCUT2D eigenvalue weighted by molar-refractivity contribution is -0.117. The molecule has 35 heavy (non-hydrogen) atoms. The van der Waals surface area contributed by atoms with E-state index in [9.17, 15) is 9.59 Å². The molecule has 3 aromatic rings. The maximum atomic E-state index is 13.1. The first-order valence-electron chi connectivity index (χ1n) is 12.4. The van der Waals surface area contributed by atoms with E-state index in [1.165, 1.54) is 19.3 Å². The van der Waals surface area contributed by atoms with Crippen molar-refractivity contribution in [3.63, 3.8) is 0 Å². The van der Waals surface area contributed by atoms with Crippen LogP contribution in [0.2, 0.25) is 5.02 Å². The van der Waals surface area contributed by atoms with E-state index in [0.29, 0.717) is 21.8 Å². The lowest BCUT2D eigenvalue weighted by Crippen LogP contribution is -2.40. The van der Waals surface area contributed by atoms with Gasteiger partial charge in [-0.15, -0.1) is 10.2 Å². The number of amides is 1. The Morgan fingerprint density at radius 3 is 2.71 bits per heavy atom. The maximum Gasteiger partial charge on any atom is 0.238 e. The van der Waals surface area contributed by atoms with Gasteiger partial charge in [0.1, 0.15) is 11.6 Å². The lowest BCUT2D eigenvalue weighted by atomic mass is 9.97. The minimum absolute atomic E-state index is 0.143. The van der Waals surface area contributed by atoms with E-state index in [1.54, 1.807) is 30.3 Å². The summed E-state index contributed by atoms with van der Waals surface area (Å²) in [6.45, 7) is 2.89. The van der Waals surface area contributed by atoms with Gasteiger partial charge in [0.15, 0.2) is 5.78 Å². The summed E-state index contributed by atoms with van der Waals surface area (Å²) in [5.74, 6) is 2.14. The fourth-order valence-corrected chi connectivity index (χ4v) is 5.34. The first-order valence-corrected chi connectivity index (χ1v) is 12.8. The molecule has 8 heteroatoms. The first-order chi connectivity index (χ1) is 17.1. The Morgan fingerprint density at radius 1 is 1.00 bits per heavy atom. The van der Waals surface area contributed by atoms with Crippen molar-refractivity contribution in [2.24, 2.45) is 0 Å². The molecule has 7 nitrogen and oxygen atoms in total. The van der Waals surface area contributed by atoms with Crippen molar-refractivity contribution in [2.45, 2.75) is 51.0 Å². The smallest absolute Gasteiger partial charge is 0.238 e. The number of aryl methyl sites for hydroxylation is 1. The van der Waals surface area contributed by atoms with Gasteiger partial charge in [-0.25, -0.2) is 0 Å². The highest BCUT2D eigenvalue weighted by Gasteiger charge is 2.28. The number of nitrogens with zero attached hydrogens (tertiary/aromatic N) is 4. The van der Waals surface area contributed by atoms with Crippen LogP contribution in [0.5, 0.6) is 0 Å². The summed E-state index contributed by atoms with van der Waals surface area (Å²) in [4.78, 5) is 28.3. The molecule has 0 aliphatic carbocycles. The number of rotatable bonds is 6. The molecule has 2 aliphatic rings. The van der Waals surface area contributed by atoms with Crippen LogP contribution in [-0.2, 0) is 17.8 Å².